The maximum atomic E-state index is 12.7. The summed E-state index contributed by atoms with van der Waals surface area (Å²) in [7, 11) is 1.78. The maximum absolute atomic E-state index is 12.7. The second kappa shape index (κ2) is 8.43. The number of nitrogens with zero attached hydrogens (tertiary/aromatic N) is 2. The quantitative estimate of drug-likeness (QED) is 0.602. The second-order valence-electron chi connectivity index (χ2n) is 7.86. The van der Waals surface area contributed by atoms with Gasteiger partial charge in [0.2, 0.25) is 0 Å². The molecule has 31 heavy (non-hydrogen) atoms. The topological polar surface area (TPSA) is 82.2 Å². The average molecular weight is 432 g/mol. The lowest BCUT2D eigenvalue weighted by molar-refractivity contribution is -0.137. The first-order valence-electron chi connectivity index (χ1n) is 9.47. The Morgan fingerprint density at radius 1 is 1.13 bits per heavy atom. The molecule has 0 bridgehead atoms. The van der Waals surface area contributed by atoms with E-state index in [9.17, 15) is 18.0 Å². The van der Waals surface area contributed by atoms with Crippen molar-refractivity contribution >= 4 is 11.6 Å². The van der Waals surface area contributed by atoms with Crippen LogP contribution in [-0.2, 0) is 13.2 Å². The first kappa shape index (κ1) is 22.4. The number of rotatable bonds is 6. The first-order valence-corrected chi connectivity index (χ1v) is 9.47. The van der Waals surface area contributed by atoms with Crippen LogP contribution in [0, 0.1) is 0 Å². The minimum Gasteiger partial charge on any atom is -0.491 e. The fraction of sp³-hybridized carbons (Fsp3) is 0.273. The van der Waals surface area contributed by atoms with E-state index in [-0.39, 0.29) is 12.2 Å². The molecular formula is C22H23F3N4O2. The number of carbonyl (C=O) groups is 1. The largest absolute Gasteiger partial charge is 0.491 e. The van der Waals surface area contributed by atoms with Crippen molar-refractivity contribution in [2.75, 3.05) is 11.9 Å². The van der Waals surface area contributed by atoms with E-state index in [0.29, 0.717) is 17.0 Å². The van der Waals surface area contributed by atoms with Crippen LogP contribution in [-0.4, -0.2) is 27.8 Å². The van der Waals surface area contributed by atoms with Gasteiger partial charge in [-0.1, -0.05) is 0 Å². The van der Waals surface area contributed by atoms with E-state index in [0.717, 1.165) is 30.0 Å². The summed E-state index contributed by atoms with van der Waals surface area (Å²) in [5, 5.41) is 6.87. The molecule has 1 heterocycles. The molecule has 0 aliphatic heterocycles. The Bertz CT molecular complexity index is 1070. The number of carbonyl (C=O) groups excluding carboxylic acids is 1. The van der Waals surface area contributed by atoms with Gasteiger partial charge in [0.1, 0.15) is 12.4 Å². The lowest BCUT2D eigenvalue weighted by Gasteiger charge is -2.21. The van der Waals surface area contributed by atoms with Crippen molar-refractivity contribution in [2.45, 2.75) is 25.6 Å². The van der Waals surface area contributed by atoms with E-state index in [1.807, 2.05) is 13.8 Å². The molecule has 0 atom stereocenters. The van der Waals surface area contributed by atoms with Crippen LogP contribution in [0.25, 0.3) is 11.3 Å². The summed E-state index contributed by atoms with van der Waals surface area (Å²) in [6.07, 6.45) is -2.82. The number of aromatic nitrogens is 2. The number of ether oxygens (including phenoxy) is 1. The Kier molecular flexibility index (Phi) is 6.08. The third kappa shape index (κ3) is 5.64. The fourth-order valence-corrected chi connectivity index (χ4v) is 2.85. The van der Waals surface area contributed by atoms with E-state index in [1.54, 1.807) is 42.2 Å². The highest BCUT2D eigenvalue weighted by Crippen LogP contribution is 2.33. The van der Waals surface area contributed by atoms with Gasteiger partial charge in [-0.3, -0.25) is 9.48 Å². The third-order valence-electron chi connectivity index (χ3n) is 4.41. The molecule has 3 N–H and O–H groups in total. The Hall–Kier alpha value is -3.33. The van der Waals surface area contributed by atoms with Gasteiger partial charge in [-0.25, -0.2) is 0 Å². The maximum Gasteiger partial charge on any atom is 0.416 e. The molecule has 9 heteroatoms. The van der Waals surface area contributed by atoms with Crippen molar-refractivity contribution in [2.24, 2.45) is 12.8 Å². The van der Waals surface area contributed by atoms with Crippen molar-refractivity contribution in [1.82, 2.24) is 9.78 Å². The molecule has 0 spiro atoms. The van der Waals surface area contributed by atoms with Crippen molar-refractivity contribution in [3.05, 3.63) is 65.9 Å². The zero-order valence-corrected chi connectivity index (χ0v) is 17.3. The SMILES string of the molecule is Cn1nccc1-c1cc(NC(=O)c2ccc(C(F)(F)F)cc2)ccc1OCC(C)(C)N. The zero-order chi connectivity index (χ0) is 22.8. The Morgan fingerprint density at radius 3 is 2.35 bits per heavy atom. The van der Waals surface area contributed by atoms with Gasteiger partial charge in [0.25, 0.3) is 5.91 Å². The first-order chi connectivity index (χ1) is 14.4. The van der Waals surface area contributed by atoms with Crippen LogP contribution in [0.5, 0.6) is 5.75 Å². The van der Waals surface area contributed by atoms with Crippen LogP contribution in [0.4, 0.5) is 18.9 Å². The molecule has 0 fully saturated rings. The highest BCUT2D eigenvalue weighted by atomic mass is 19.4. The lowest BCUT2D eigenvalue weighted by atomic mass is 10.1. The van der Waals surface area contributed by atoms with E-state index in [4.69, 9.17) is 10.5 Å². The molecular weight excluding hydrogens is 409 g/mol. The van der Waals surface area contributed by atoms with Crippen molar-refractivity contribution < 1.29 is 22.7 Å². The summed E-state index contributed by atoms with van der Waals surface area (Å²) < 4.78 is 45.7. The highest BCUT2D eigenvalue weighted by Gasteiger charge is 2.30. The Balaban J connectivity index is 1.86. The summed E-state index contributed by atoms with van der Waals surface area (Å²) >= 11 is 0. The highest BCUT2D eigenvalue weighted by molar-refractivity contribution is 6.04. The number of halogens is 3. The smallest absolute Gasteiger partial charge is 0.416 e. The number of nitrogens with two attached hydrogens (primary N) is 1. The van der Waals surface area contributed by atoms with Gasteiger partial charge in [0.05, 0.1) is 11.3 Å². The number of hydrogen-bond acceptors (Lipinski definition) is 4. The predicted molar refractivity (Wildman–Crippen MR) is 112 cm³/mol. The van der Waals surface area contributed by atoms with Crippen molar-refractivity contribution in [3.63, 3.8) is 0 Å². The molecule has 0 aliphatic carbocycles. The third-order valence-corrected chi connectivity index (χ3v) is 4.41. The van der Waals surface area contributed by atoms with Crippen molar-refractivity contribution in [1.29, 1.82) is 0 Å². The number of alkyl halides is 3. The van der Waals surface area contributed by atoms with E-state index < -0.39 is 23.2 Å². The van der Waals surface area contributed by atoms with Crippen LogP contribution in [0.15, 0.2) is 54.7 Å². The monoisotopic (exact) mass is 432 g/mol. The van der Waals surface area contributed by atoms with Crippen LogP contribution >= 0.6 is 0 Å². The minimum absolute atomic E-state index is 0.111. The van der Waals surface area contributed by atoms with Gasteiger partial charge < -0.3 is 15.8 Å². The Labute approximate surface area is 177 Å². The van der Waals surface area contributed by atoms with Crippen molar-refractivity contribution in [3.8, 4) is 17.0 Å². The minimum atomic E-state index is -4.46. The molecule has 1 amide bonds. The van der Waals surface area contributed by atoms with Gasteiger partial charge >= 0.3 is 6.18 Å². The molecule has 0 saturated heterocycles. The fourth-order valence-electron chi connectivity index (χ4n) is 2.85. The zero-order valence-electron chi connectivity index (χ0n) is 17.3. The number of nitrogens with one attached hydrogen (secondary N) is 1. The van der Waals surface area contributed by atoms with E-state index in [1.165, 1.54) is 0 Å². The summed E-state index contributed by atoms with van der Waals surface area (Å²) in [6, 6.07) is 10.9. The number of aryl methyl sites for hydroxylation is 1. The van der Waals surface area contributed by atoms with E-state index in [2.05, 4.69) is 10.4 Å². The van der Waals surface area contributed by atoms with Gasteiger partial charge in [0, 0.05) is 35.6 Å². The normalized spacial score (nSPS) is 12.0. The molecule has 0 saturated carbocycles. The standard InChI is InChI=1S/C22H23F3N4O2/c1-21(2,26)13-31-19-9-8-16(12-17(19)18-10-11-27-29(18)3)28-20(30)14-4-6-15(7-5-14)22(23,24)25/h4-12H,13,26H2,1-3H3,(H,28,30). The molecule has 164 valence electrons. The molecule has 0 unspecified atom stereocenters. The van der Waals surface area contributed by atoms with Crippen LogP contribution in [0.3, 0.4) is 0 Å². The molecule has 0 radical (unpaired) electrons. The Morgan fingerprint density at radius 2 is 1.81 bits per heavy atom. The van der Waals surface area contributed by atoms with E-state index >= 15 is 0 Å². The van der Waals surface area contributed by atoms with Crippen LogP contribution in [0.1, 0.15) is 29.8 Å². The summed E-state index contributed by atoms with van der Waals surface area (Å²) in [5.74, 6) is 0.0381. The van der Waals surface area contributed by atoms with Gasteiger partial charge in [-0.2, -0.15) is 18.3 Å². The van der Waals surface area contributed by atoms with Crippen LogP contribution < -0.4 is 15.8 Å². The second-order valence-corrected chi connectivity index (χ2v) is 7.86. The summed E-state index contributed by atoms with van der Waals surface area (Å²) in [5.41, 5.74) is 6.67. The molecule has 0 aliphatic rings. The number of anilines is 1. The summed E-state index contributed by atoms with van der Waals surface area (Å²) in [4.78, 5) is 12.5. The summed E-state index contributed by atoms with van der Waals surface area (Å²) in [6.45, 7) is 3.96. The number of hydrogen-bond donors (Lipinski definition) is 2. The van der Waals surface area contributed by atoms with Crippen LogP contribution in [0.2, 0.25) is 0 Å². The van der Waals surface area contributed by atoms with Gasteiger partial charge in [-0.15, -0.1) is 0 Å². The average Bonchev–Trinajstić information content (AvgIpc) is 3.11. The molecule has 2 aromatic carbocycles. The molecule has 6 nitrogen and oxygen atoms in total. The molecule has 3 rings (SSSR count). The van der Waals surface area contributed by atoms with Gasteiger partial charge in [0.15, 0.2) is 0 Å². The molecule has 3 aromatic rings. The lowest BCUT2D eigenvalue weighted by Crippen LogP contribution is -2.38. The number of amides is 1. The predicted octanol–water partition coefficient (Wildman–Crippen LogP) is 4.47. The molecule has 1 aromatic heterocycles. The number of benzene rings is 2. The van der Waals surface area contributed by atoms with Gasteiger partial charge in [-0.05, 0) is 62.4 Å².